The number of halogens is 2. The predicted molar refractivity (Wildman–Crippen MR) is 119 cm³/mol. The van der Waals surface area contributed by atoms with E-state index in [1.165, 1.54) is 18.2 Å². The summed E-state index contributed by atoms with van der Waals surface area (Å²) in [5, 5.41) is 21.8. The molecule has 2 aromatic rings. The fraction of sp³-hybridized carbons (Fsp3) is 0.522. The van der Waals surface area contributed by atoms with Crippen molar-refractivity contribution in [3.63, 3.8) is 0 Å². The third kappa shape index (κ3) is 5.78. The minimum Gasteiger partial charge on any atom is -0.394 e. The van der Waals surface area contributed by atoms with Gasteiger partial charge in [-0.05, 0) is 48.4 Å². The van der Waals surface area contributed by atoms with Crippen molar-refractivity contribution in [3.05, 3.63) is 57.9 Å². The minimum atomic E-state index is -0.703. The quantitative estimate of drug-likeness (QED) is 0.588. The van der Waals surface area contributed by atoms with E-state index in [2.05, 4.69) is 10.3 Å². The Morgan fingerprint density at radius 2 is 2.24 bits per heavy atom. The molecular weight excluding hydrogens is 451 g/mol. The van der Waals surface area contributed by atoms with Crippen molar-refractivity contribution in [1.29, 1.82) is 0 Å². The SMILES string of the molecule is O=C(N[C@H](CO)c1ccc(F)c(Cl)c1)N1CCc2cnc(C[C@H]3CCO[C@@H](CO)C3)nc2C1. The number of hydrogen-bond donors (Lipinski definition) is 3. The van der Waals surface area contributed by atoms with Crippen molar-refractivity contribution < 1.29 is 24.1 Å². The largest absolute Gasteiger partial charge is 0.394 e. The number of carbonyl (C=O) groups excluding carboxylic acids is 1. The van der Waals surface area contributed by atoms with Crippen molar-refractivity contribution in [2.45, 2.75) is 44.4 Å². The van der Waals surface area contributed by atoms with Gasteiger partial charge in [-0.2, -0.15) is 0 Å². The lowest BCUT2D eigenvalue weighted by atomic mass is 9.92. The lowest BCUT2D eigenvalue weighted by Gasteiger charge is -2.30. The summed E-state index contributed by atoms with van der Waals surface area (Å²) in [6.07, 6.45) is 4.74. The predicted octanol–water partition coefficient (Wildman–Crippen LogP) is 2.40. The summed E-state index contributed by atoms with van der Waals surface area (Å²) in [6.45, 7) is 1.14. The van der Waals surface area contributed by atoms with Crippen molar-refractivity contribution in [1.82, 2.24) is 20.2 Å². The molecule has 2 amide bonds. The molecule has 3 heterocycles. The summed E-state index contributed by atoms with van der Waals surface area (Å²) in [4.78, 5) is 23.8. The van der Waals surface area contributed by atoms with Crippen LogP contribution in [0.15, 0.2) is 24.4 Å². The average Bonchev–Trinajstić information content (AvgIpc) is 2.83. The number of aliphatic hydroxyl groups is 2. The summed E-state index contributed by atoms with van der Waals surface area (Å²) in [7, 11) is 0. The molecular formula is C23H28ClFN4O4. The van der Waals surface area contributed by atoms with Crippen LogP contribution in [0.3, 0.4) is 0 Å². The highest BCUT2D eigenvalue weighted by Crippen LogP contribution is 2.25. The molecule has 0 radical (unpaired) electrons. The first-order chi connectivity index (χ1) is 16.0. The number of nitrogens with one attached hydrogen (secondary N) is 1. The molecule has 33 heavy (non-hydrogen) atoms. The van der Waals surface area contributed by atoms with Crippen LogP contribution < -0.4 is 5.32 Å². The molecule has 178 valence electrons. The van der Waals surface area contributed by atoms with Gasteiger partial charge in [0.2, 0.25) is 0 Å². The highest BCUT2D eigenvalue weighted by molar-refractivity contribution is 6.30. The van der Waals surface area contributed by atoms with E-state index in [0.29, 0.717) is 44.0 Å². The summed E-state index contributed by atoms with van der Waals surface area (Å²) in [6, 6.07) is 3.07. The Hall–Kier alpha value is -2.33. The van der Waals surface area contributed by atoms with E-state index in [1.807, 2.05) is 6.20 Å². The number of aromatic nitrogens is 2. The van der Waals surface area contributed by atoms with Crippen molar-refractivity contribution in [2.24, 2.45) is 5.92 Å². The second-order valence-corrected chi connectivity index (χ2v) is 8.97. The second kappa shape index (κ2) is 10.7. The highest BCUT2D eigenvalue weighted by atomic mass is 35.5. The van der Waals surface area contributed by atoms with Crippen LogP contribution in [0.25, 0.3) is 0 Å². The number of ether oxygens (including phenoxy) is 1. The Labute approximate surface area is 196 Å². The Morgan fingerprint density at radius 3 is 3.00 bits per heavy atom. The van der Waals surface area contributed by atoms with Gasteiger partial charge in [-0.15, -0.1) is 0 Å². The summed E-state index contributed by atoms with van der Waals surface area (Å²) >= 11 is 5.84. The Bertz CT molecular complexity index is 995. The molecule has 2 aliphatic heterocycles. The molecule has 1 aromatic heterocycles. The van der Waals surface area contributed by atoms with Crippen molar-refractivity contribution >= 4 is 17.6 Å². The van der Waals surface area contributed by atoms with Crippen molar-refractivity contribution in [2.75, 3.05) is 26.4 Å². The number of rotatable bonds is 6. The van der Waals surface area contributed by atoms with E-state index in [1.54, 1.807) is 4.90 Å². The molecule has 1 aromatic carbocycles. The molecule has 1 saturated heterocycles. The number of nitrogens with zero attached hydrogens (tertiary/aromatic N) is 3. The maximum Gasteiger partial charge on any atom is 0.318 e. The Kier molecular flexibility index (Phi) is 7.75. The fourth-order valence-electron chi connectivity index (χ4n) is 4.35. The lowest BCUT2D eigenvalue weighted by Crippen LogP contribution is -2.45. The van der Waals surface area contributed by atoms with Gasteiger partial charge in [-0.25, -0.2) is 19.2 Å². The van der Waals surface area contributed by atoms with Gasteiger partial charge in [0, 0.05) is 25.8 Å². The number of hydrogen-bond acceptors (Lipinski definition) is 6. The molecule has 1 fully saturated rings. The van der Waals surface area contributed by atoms with E-state index in [4.69, 9.17) is 21.3 Å². The number of aliphatic hydroxyl groups excluding tert-OH is 2. The van der Waals surface area contributed by atoms with E-state index in [9.17, 15) is 19.4 Å². The third-order valence-corrected chi connectivity index (χ3v) is 6.55. The second-order valence-electron chi connectivity index (χ2n) is 8.56. The molecule has 0 aliphatic carbocycles. The van der Waals surface area contributed by atoms with Crippen LogP contribution in [0, 0.1) is 11.7 Å². The average molecular weight is 479 g/mol. The van der Waals surface area contributed by atoms with Gasteiger partial charge < -0.3 is 25.2 Å². The van der Waals surface area contributed by atoms with E-state index < -0.39 is 11.9 Å². The van der Waals surface area contributed by atoms with E-state index in [-0.39, 0.29) is 30.4 Å². The molecule has 8 nitrogen and oxygen atoms in total. The van der Waals surface area contributed by atoms with Gasteiger partial charge in [0.25, 0.3) is 0 Å². The van der Waals surface area contributed by atoms with Crippen LogP contribution in [0.5, 0.6) is 0 Å². The molecule has 0 unspecified atom stereocenters. The maximum atomic E-state index is 13.5. The zero-order valence-corrected chi connectivity index (χ0v) is 19.0. The Balaban J connectivity index is 1.40. The summed E-state index contributed by atoms with van der Waals surface area (Å²) < 4.78 is 19.0. The fourth-order valence-corrected chi connectivity index (χ4v) is 4.54. The highest BCUT2D eigenvalue weighted by Gasteiger charge is 2.27. The first kappa shape index (κ1) is 23.8. The molecule has 3 atom stereocenters. The van der Waals surface area contributed by atoms with Crippen LogP contribution in [0.1, 0.15) is 41.5 Å². The van der Waals surface area contributed by atoms with Crippen LogP contribution >= 0.6 is 11.6 Å². The van der Waals surface area contributed by atoms with E-state index in [0.717, 1.165) is 29.9 Å². The Morgan fingerprint density at radius 1 is 1.39 bits per heavy atom. The van der Waals surface area contributed by atoms with Gasteiger partial charge in [0.05, 0.1) is 42.6 Å². The third-order valence-electron chi connectivity index (χ3n) is 6.26. The normalized spacial score (nSPS) is 21.4. The van der Waals surface area contributed by atoms with Gasteiger partial charge in [0.15, 0.2) is 0 Å². The minimum absolute atomic E-state index is 0.0184. The number of fused-ring (bicyclic) bond motifs is 1. The maximum absolute atomic E-state index is 13.5. The number of urea groups is 1. The van der Waals surface area contributed by atoms with Crippen LogP contribution in [0.2, 0.25) is 5.02 Å². The first-order valence-electron chi connectivity index (χ1n) is 11.1. The molecule has 0 saturated carbocycles. The molecule has 10 heteroatoms. The smallest absolute Gasteiger partial charge is 0.318 e. The topological polar surface area (TPSA) is 108 Å². The first-order valence-corrected chi connectivity index (χ1v) is 11.5. The van der Waals surface area contributed by atoms with Gasteiger partial charge in [-0.3, -0.25) is 0 Å². The zero-order chi connectivity index (χ0) is 23.4. The summed E-state index contributed by atoms with van der Waals surface area (Å²) in [5.41, 5.74) is 2.36. The molecule has 0 bridgehead atoms. The monoisotopic (exact) mass is 478 g/mol. The van der Waals surface area contributed by atoms with Gasteiger partial charge in [-0.1, -0.05) is 17.7 Å². The van der Waals surface area contributed by atoms with Crippen molar-refractivity contribution in [3.8, 4) is 0 Å². The van der Waals surface area contributed by atoms with E-state index >= 15 is 0 Å². The zero-order valence-electron chi connectivity index (χ0n) is 18.2. The molecule has 2 aliphatic rings. The molecule has 3 N–H and O–H groups in total. The molecule has 4 rings (SSSR count). The lowest BCUT2D eigenvalue weighted by molar-refractivity contribution is -0.0377. The number of amides is 2. The van der Waals surface area contributed by atoms with Crippen LogP contribution in [-0.2, 0) is 24.1 Å². The van der Waals surface area contributed by atoms with Crippen LogP contribution in [-0.4, -0.2) is 63.6 Å². The van der Waals surface area contributed by atoms with Gasteiger partial charge in [0.1, 0.15) is 11.6 Å². The standard InChI is InChI=1S/C23H28ClFN4O4/c24-18-9-15(1-2-19(18)25)21(13-31)28-23(32)29-5-3-16-10-26-22(27-20(16)11-29)8-14-4-6-33-17(7-14)12-30/h1-2,9-10,14,17,21,30-31H,3-8,11-13H2,(H,28,32)/t14-,17+,21+/m0/s1. The van der Waals surface area contributed by atoms with Gasteiger partial charge >= 0.3 is 6.03 Å². The number of benzene rings is 1. The molecule has 0 spiro atoms. The number of carbonyl (C=O) groups is 1. The summed E-state index contributed by atoms with van der Waals surface area (Å²) in [5.74, 6) is 0.526. The van der Waals surface area contributed by atoms with Crippen LogP contribution in [0.4, 0.5) is 9.18 Å².